The number of halogens is 3. The van der Waals surface area contributed by atoms with Crippen LogP contribution >= 0.6 is 0 Å². The average Bonchev–Trinajstić information content (AvgIpc) is 2.87. The second-order valence-corrected chi connectivity index (χ2v) is 10.5. The normalized spacial score (nSPS) is 18.6. The quantitative estimate of drug-likeness (QED) is 0.282. The molecule has 3 heterocycles. The molecular weight excluding hydrogens is 503 g/mol. The van der Waals surface area contributed by atoms with Crippen molar-refractivity contribution >= 4 is 22.4 Å². The highest BCUT2D eigenvalue weighted by atomic mass is 19.4. The second kappa shape index (κ2) is 10.9. The van der Waals surface area contributed by atoms with Crippen molar-refractivity contribution in [3.8, 4) is 11.3 Å². The summed E-state index contributed by atoms with van der Waals surface area (Å²) in [7, 11) is 0. The Morgan fingerprint density at radius 2 is 1.72 bits per heavy atom. The zero-order valence-electron chi connectivity index (χ0n) is 22.5. The minimum atomic E-state index is -4.52. The third-order valence-corrected chi connectivity index (χ3v) is 6.83. The van der Waals surface area contributed by atoms with Gasteiger partial charge < -0.3 is 10.1 Å². The Morgan fingerprint density at radius 1 is 1.00 bits per heavy atom. The first-order chi connectivity index (χ1) is 18.6. The number of ether oxygens (including phenoxy) is 1. The summed E-state index contributed by atoms with van der Waals surface area (Å²) >= 11 is 0. The Balaban J connectivity index is 1.57. The van der Waals surface area contributed by atoms with Gasteiger partial charge in [-0.05, 0) is 61.7 Å². The van der Waals surface area contributed by atoms with Gasteiger partial charge in [0, 0.05) is 35.9 Å². The van der Waals surface area contributed by atoms with E-state index in [1.807, 2.05) is 26.0 Å². The fraction of sp³-hybridized carbons (Fsp3) is 0.367. The van der Waals surface area contributed by atoms with Crippen molar-refractivity contribution in [1.29, 1.82) is 0 Å². The summed E-state index contributed by atoms with van der Waals surface area (Å²) in [5, 5.41) is 4.12. The van der Waals surface area contributed by atoms with E-state index in [9.17, 15) is 13.2 Å². The molecule has 5 rings (SSSR count). The van der Waals surface area contributed by atoms with Gasteiger partial charge in [0.25, 0.3) is 0 Å². The van der Waals surface area contributed by atoms with Gasteiger partial charge in [-0.1, -0.05) is 32.0 Å². The molecule has 2 aromatic carbocycles. The third-order valence-electron chi connectivity index (χ3n) is 6.83. The smallest absolute Gasteiger partial charge is 0.373 e. The van der Waals surface area contributed by atoms with Gasteiger partial charge in [0.1, 0.15) is 11.6 Å². The van der Waals surface area contributed by atoms with E-state index in [0.29, 0.717) is 40.6 Å². The van der Waals surface area contributed by atoms with E-state index in [4.69, 9.17) is 14.7 Å². The maximum Gasteiger partial charge on any atom is 0.418 e. The van der Waals surface area contributed by atoms with Crippen LogP contribution in [0, 0.1) is 0 Å². The van der Waals surface area contributed by atoms with E-state index in [2.05, 4.69) is 41.2 Å². The number of hydrogen-bond donors (Lipinski definition) is 1. The van der Waals surface area contributed by atoms with E-state index in [-0.39, 0.29) is 17.9 Å². The van der Waals surface area contributed by atoms with Crippen molar-refractivity contribution in [3.05, 3.63) is 77.7 Å². The summed E-state index contributed by atoms with van der Waals surface area (Å²) in [5.41, 5.74) is 2.09. The van der Waals surface area contributed by atoms with Gasteiger partial charge >= 0.3 is 6.18 Å². The van der Waals surface area contributed by atoms with Crippen LogP contribution in [0.2, 0.25) is 0 Å². The molecule has 0 radical (unpaired) electrons. The first-order valence-corrected chi connectivity index (χ1v) is 13.1. The Morgan fingerprint density at radius 3 is 2.38 bits per heavy atom. The number of alkyl halides is 3. The largest absolute Gasteiger partial charge is 0.418 e. The maximum atomic E-state index is 13.7. The minimum absolute atomic E-state index is 0.0859. The number of morpholine rings is 1. The summed E-state index contributed by atoms with van der Waals surface area (Å²) in [6.45, 7) is 10.3. The standard InChI is InChI=1S/C30H32F3N5O/c1-18(2)21-7-10-23(11-8-21)35-29-24-12-9-22(28-25(30(31,32)33)6-5-13-34-28)14-26(24)36-27(37-29)17-38-15-19(3)39-20(4)16-38/h5-14,18-20H,15-17H2,1-4H3,(H,35,36,37)/t19-,20+. The maximum absolute atomic E-state index is 13.7. The molecule has 2 aromatic heterocycles. The van der Waals surface area contributed by atoms with Crippen LogP contribution in [-0.2, 0) is 17.5 Å². The van der Waals surface area contributed by atoms with Crippen molar-refractivity contribution in [2.45, 2.75) is 58.5 Å². The fourth-order valence-electron chi connectivity index (χ4n) is 5.06. The molecule has 4 aromatic rings. The van der Waals surface area contributed by atoms with Crippen LogP contribution in [0.3, 0.4) is 0 Å². The molecule has 2 atom stereocenters. The van der Waals surface area contributed by atoms with Crippen molar-refractivity contribution < 1.29 is 17.9 Å². The molecule has 0 saturated carbocycles. The highest BCUT2D eigenvalue weighted by Gasteiger charge is 2.34. The molecule has 1 saturated heterocycles. The van der Waals surface area contributed by atoms with Crippen LogP contribution in [0.5, 0.6) is 0 Å². The molecule has 1 fully saturated rings. The van der Waals surface area contributed by atoms with E-state index in [1.165, 1.54) is 17.8 Å². The van der Waals surface area contributed by atoms with Crippen molar-refractivity contribution in [1.82, 2.24) is 19.9 Å². The van der Waals surface area contributed by atoms with Crippen LogP contribution in [0.15, 0.2) is 60.8 Å². The number of aromatic nitrogens is 3. The molecule has 1 N–H and O–H groups in total. The first kappa shape index (κ1) is 27.0. The Bertz CT molecular complexity index is 1450. The second-order valence-electron chi connectivity index (χ2n) is 10.5. The number of benzene rings is 2. The van der Waals surface area contributed by atoms with Crippen molar-refractivity contribution in [3.63, 3.8) is 0 Å². The molecule has 39 heavy (non-hydrogen) atoms. The molecule has 204 valence electrons. The summed E-state index contributed by atoms with van der Waals surface area (Å²) in [6, 6.07) is 15.6. The molecule has 1 aliphatic rings. The van der Waals surface area contributed by atoms with Crippen molar-refractivity contribution in [2.24, 2.45) is 0 Å². The van der Waals surface area contributed by atoms with Gasteiger partial charge in [0.2, 0.25) is 0 Å². The van der Waals surface area contributed by atoms with Gasteiger partial charge in [0.15, 0.2) is 0 Å². The summed E-state index contributed by atoms with van der Waals surface area (Å²) in [6.07, 6.45) is -2.98. The Kier molecular flexibility index (Phi) is 7.55. The van der Waals surface area contributed by atoms with E-state index >= 15 is 0 Å². The van der Waals surface area contributed by atoms with Crippen LogP contribution in [0.25, 0.3) is 22.2 Å². The van der Waals surface area contributed by atoms with E-state index in [1.54, 1.807) is 18.2 Å². The van der Waals surface area contributed by atoms with Crippen molar-refractivity contribution in [2.75, 3.05) is 18.4 Å². The highest BCUT2D eigenvalue weighted by Crippen LogP contribution is 2.37. The van der Waals surface area contributed by atoms with Gasteiger partial charge in [0.05, 0.1) is 35.5 Å². The molecule has 0 bridgehead atoms. The molecule has 6 nitrogen and oxygen atoms in total. The third kappa shape index (κ3) is 6.20. The van der Waals surface area contributed by atoms with Crippen LogP contribution in [0.4, 0.5) is 24.7 Å². The minimum Gasteiger partial charge on any atom is -0.373 e. The lowest BCUT2D eigenvalue weighted by Crippen LogP contribution is -2.45. The topological polar surface area (TPSA) is 63.2 Å². The zero-order valence-corrected chi connectivity index (χ0v) is 22.5. The van der Waals surface area contributed by atoms with Gasteiger partial charge in [-0.2, -0.15) is 13.2 Å². The molecule has 0 unspecified atom stereocenters. The monoisotopic (exact) mass is 535 g/mol. The summed E-state index contributed by atoms with van der Waals surface area (Å²) in [4.78, 5) is 16.0. The number of fused-ring (bicyclic) bond motifs is 1. The number of pyridine rings is 1. The predicted octanol–water partition coefficient (Wildman–Crippen LogP) is 7.19. The van der Waals surface area contributed by atoms with Gasteiger partial charge in [-0.25, -0.2) is 9.97 Å². The molecule has 1 aliphatic heterocycles. The average molecular weight is 536 g/mol. The van der Waals surface area contributed by atoms with Crippen LogP contribution in [-0.4, -0.2) is 45.1 Å². The number of hydrogen-bond acceptors (Lipinski definition) is 6. The van der Waals surface area contributed by atoms with Gasteiger partial charge in [-0.15, -0.1) is 0 Å². The first-order valence-electron chi connectivity index (χ1n) is 13.1. The SMILES string of the molecule is CC(C)c1ccc(Nc2nc(CN3C[C@@H](C)O[C@@H](C)C3)nc3cc(-c4ncccc4C(F)(F)F)ccc23)cc1. The molecule has 0 amide bonds. The zero-order chi connectivity index (χ0) is 27.7. The number of rotatable bonds is 6. The predicted molar refractivity (Wildman–Crippen MR) is 147 cm³/mol. The van der Waals surface area contributed by atoms with Crippen LogP contribution < -0.4 is 5.32 Å². The number of anilines is 2. The lowest BCUT2D eigenvalue weighted by molar-refractivity contribution is -0.137. The number of nitrogens with zero attached hydrogens (tertiary/aromatic N) is 4. The van der Waals surface area contributed by atoms with E-state index < -0.39 is 11.7 Å². The van der Waals surface area contributed by atoms with Crippen LogP contribution in [0.1, 0.15) is 50.6 Å². The summed E-state index contributed by atoms with van der Waals surface area (Å²) in [5.74, 6) is 1.60. The van der Waals surface area contributed by atoms with E-state index in [0.717, 1.165) is 24.8 Å². The Hall–Kier alpha value is -3.56. The molecular formula is C30H32F3N5O. The molecule has 0 spiro atoms. The molecule has 0 aliphatic carbocycles. The lowest BCUT2D eigenvalue weighted by atomic mass is 10.0. The Labute approximate surface area is 226 Å². The molecule has 9 heteroatoms. The summed E-state index contributed by atoms with van der Waals surface area (Å²) < 4.78 is 47.1. The lowest BCUT2D eigenvalue weighted by Gasteiger charge is -2.34. The highest BCUT2D eigenvalue weighted by molar-refractivity contribution is 5.93. The van der Waals surface area contributed by atoms with Gasteiger partial charge in [-0.3, -0.25) is 9.88 Å². The fourth-order valence-corrected chi connectivity index (χ4v) is 5.06. The number of nitrogens with one attached hydrogen (secondary N) is 1.